The minimum Gasteiger partial charge on any atom is -0.342 e. The van der Waals surface area contributed by atoms with Crippen LogP contribution in [-0.2, 0) is 9.59 Å². The molecule has 0 aromatic rings. The van der Waals surface area contributed by atoms with Crippen molar-refractivity contribution in [1.82, 2.24) is 10.2 Å². The predicted molar refractivity (Wildman–Crippen MR) is 63.2 cm³/mol. The van der Waals surface area contributed by atoms with E-state index in [1.54, 1.807) is 13.8 Å². The van der Waals surface area contributed by atoms with Crippen molar-refractivity contribution in [2.75, 3.05) is 6.54 Å². The first-order valence-electron chi connectivity index (χ1n) is 6.35. The number of rotatable bonds is 4. The van der Waals surface area contributed by atoms with Crippen LogP contribution in [0.5, 0.6) is 0 Å². The highest BCUT2D eigenvalue weighted by molar-refractivity contribution is 5.97. The highest BCUT2D eigenvalue weighted by Gasteiger charge is 2.46. The molecule has 0 saturated carbocycles. The maximum absolute atomic E-state index is 12.6. The van der Waals surface area contributed by atoms with Gasteiger partial charge in [-0.25, -0.2) is 0 Å². The molecule has 1 heterocycles. The summed E-state index contributed by atoms with van der Waals surface area (Å²) in [6.45, 7) is 3.69. The molecule has 7 heteroatoms. The van der Waals surface area contributed by atoms with Crippen LogP contribution in [0.25, 0.3) is 0 Å². The van der Waals surface area contributed by atoms with Gasteiger partial charge >= 0.3 is 6.18 Å². The largest absolute Gasteiger partial charge is 0.406 e. The van der Waals surface area contributed by atoms with Gasteiger partial charge in [-0.2, -0.15) is 13.2 Å². The Bertz CT molecular complexity index is 355. The van der Waals surface area contributed by atoms with Crippen molar-refractivity contribution in [1.29, 1.82) is 0 Å². The zero-order valence-electron chi connectivity index (χ0n) is 11.3. The number of nitrogens with one attached hydrogen (secondary N) is 1. The Morgan fingerprint density at radius 3 is 2.32 bits per heavy atom. The summed E-state index contributed by atoms with van der Waals surface area (Å²) in [4.78, 5) is 24.6. The second-order valence-corrected chi connectivity index (χ2v) is 5.12. The van der Waals surface area contributed by atoms with E-state index in [9.17, 15) is 22.8 Å². The highest BCUT2D eigenvalue weighted by Crippen LogP contribution is 2.25. The van der Waals surface area contributed by atoms with Gasteiger partial charge in [-0.1, -0.05) is 27.2 Å². The van der Waals surface area contributed by atoms with E-state index in [1.165, 1.54) is 0 Å². The van der Waals surface area contributed by atoms with E-state index in [0.29, 0.717) is 17.7 Å². The molecule has 1 saturated heterocycles. The van der Waals surface area contributed by atoms with E-state index >= 15 is 0 Å². The van der Waals surface area contributed by atoms with E-state index in [0.717, 1.165) is 0 Å². The summed E-state index contributed by atoms with van der Waals surface area (Å²) in [5.74, 6) is -1.51. The van der Waals surface area contributed by atoms with Gasteiger partial charge in [-0.3, -0.25) is 9.59 Å². The van der Waals surface area contributed by atoms with Crippen LogP contribution in [0, 0.1) is 5.92 Å². The van der Waals surface area contributed by atoms with Gasteiger partial charge in [0.15, 0.2) is 0 Å². The molecule has 0 aromatic heterocycles. The Hall–Kier alpha value is -1.27. The summed E-state index contributed by atoms with van der Waals surface area (Å²) >= 11 is 0. The Morgan fingerprint density at radius 1 is 1.32 bits per heavy atom. The van der Waals surface area contributed by atoms with Crippen LogP contribution < -0.4 is 5.32 Å². The molecule has 0 aromatic carbocycles. The van der Waals surface area contributed by atoms with Gasteiger partial charge in [0.25, 0.3) is 0 Å². The number of nitrogens with zero attached hydrogens (tertiary/aromatic N) is 1. The number of amides is 2. The first-order valence-corrected chi connectivity index (χ1v) is 6.35. The molecule has 1 fully saturated rings. The molecular weight excluding hydrogens is 261 g/mol. The predicted octanol–water partition coefficient (Wildman–Crippen LogP) is 1.70. The number of carbonyl (C=O) groups excluding carboxylic acids is 2. The first-order chi connectivity index (χ1) is 8.67. The van der Waals surface area contributed by atoms with Crippen LogP contribution in [0.3, 0.4) is 0 Å². The zero-order valence-corrected chi connectivity index (χ0v) is 11.3. The second kappa shape index (κ2) is 5.79. The van der Waals surface area contributed by atoms with Crippen LogP contribution in [0.4, 0.5) is 13.2 Å². The number of carbonyl (C=O) groups is 2. The van der Waals surface area contributed by atoms with Crippen LogP contribution >= 0.6 is 0 Å². The lowest BCUT2D eigenvalue weighted by Crippen LogP contribution is -2.66. The van der Waals surface area contributed by atoms with E-state index in [1.807, 2.05) is 6.92 Å². The molecule has 1 aliphatic heterocycles. The molecule has 1 aliphatic rings. The maximum Gasteiger partial charge on any atom is 0.406 e. The van der Waals surface area contributed by atoms with E-state index in [-0.39, 0.29) is 5.92 Å². The fourth-order valence-electron chi connectivity index (χ4n) is 2.31. The van der Waals surface area contributed by atoms with Crippen molar-refractivity contribution in [2.24, 2.45) is 5.92 Å². The molecule has 0 aliphatic carbocycles. The molecular formula is C12H19F3N2O2. The van der Waals surface area contributed by atoms with Crippen molar-refractivity contribution < 1.29 is 22.8 Å². The van der Waals surface area contributed by atoms with Gasteiger partial charge in [0, 0.05) is 0 Å². The Morgan fingerprint density at radius 2 is 1.89 bits per heavy atom. The lowest BCUT2D eigenvalue weighted by atomic mass is 9.95. The van der Waals surface area contributed by atoms with Crippen molar-refractivity contribution >= 4 is 11.8 Å². The topological polar surface area (TPSA) is 49.4 Å². The van der Waals surface area contributed by atoms with Gasteiger partial charge in [0.2, 0.25) is 11.8 Å². The molecule has 19 heavy (non-hydrogen) atoms. The maximum atomic E-state index is 12.6. The zero-order chi connectivity index (χ0) is 14.8. The summed E-state index contributed by atoms with van der Waals surface area (Å²) < 4.78 is 37.7. The summed E-state index contributed by atoms with van der Waals surface area (Å²) in [7, 11) is 0. The standard InChI is InChI=1S/C12H19F3N2O2/c1-4-5-8-11(19)17(6-12(13,14)15)9(7(2)3)10(18)16-8/h7-9H,4-6H2,1-3H3,(H,16,18). The number of piperazine rings is 1. The number of hydrogen-bond acceptors (Lipinski definition) is 2. The third-order valence-electron chi connectivity index (χ3n) is 3.06. The minimum absolute atomic E-state index is 0.351. The average molecular weight is 280 g/mol. The van der Waals surface area contributed by atoms with Gasteiger partial charge < -0.3 is 10.2 Å². The van der Waals surface area contributed by atoms with Crippen LogP contribution in [0.15, 0.2) is 0 Å². The van der Waals surface area contributed by atoms with Crippen molar-refractivity contribution in [2.45, 2.75) is 51.9 Å². The van der Waals surface area contributed by atoms with Crippen molar-refractivity contribution in [3.05, 3.63) is 0 Å². The van der Waals surface area contributed by atoms with Gasteiger partial charge in [-0.05, 0) is 12.3 Å². The molecule has 1 N–H and O–H groups in total. The Balaban J connectivity index is 3.00. The first kappa shape index (κ1) is 15.8. The average Bonchev–Trinajstić information content (AvgIpc) is 2.22. The molecule has 110 valence electrons. The number of alkyl halides is 3. The molecule has 2 unspecified atom stereocenters. The Kier molecular flexibility index (Phi) is 4.81. The quantitative estimate of drug-likeness (QED) is 0.852. The van der Waals surface area contributed by atoms with E-state index in [4.69, 9.17) is 0 Å². The fraction of sp³-hybridized carbons (Fsp3) is 0.833. The van der Waals surface area contributed by atoms with E-state index in [2.05, 4.69) is 5.32 Å². The van der Waals surface area contributed by atoms with E-state index < -0.39 is 36.6 Å². The summed E-state index contributed by atoms with van der Waals surface area (Å²) in [6.07, 6.45) is -3.54. The lowest BCUT2D eigenvalue weighted by Gasteiger charge is -2.41. The molecule has 4 nitrogen and oxygen atoms in total. The minimum atomic E-state index is -4.50. The van der Waals surface area contributed by atoms with Crippen LogP contribution in [-0.4, -0.2) is 41.5 Å². The molecule has 0 radical (unpaired) electrons. The molecule has 0 bridgehead atoms. The Labute approximate surface area is 110 Å². The smallest absolute Gasteiger partial charge is 0.342 e. The lowest BCUT2D eigenvalue weighted by molar-refractivity contribution is -0.176. The van der Waals surface area contributed by atoms with Gasteiger partial charge in [0.05, 0.1) is 0 Å². The molecule has 2 amide bonds. The third-order valence-corrected chi connectivity index (χ3v) is 3.06. The summed E-state index contributed by atoms with van der Waals surface area (Å²) in [6, 6.07) is -1.89. The third kappa shape index (κ3) is 3.84. The van der Waals surface area contributed by atoms with Crippen molar-refractivity contribution in [3.63, 3.8) is 0 Å². The summed E-state index contributed by atoms with van der Waals surface area (Å²) in [5, 5.41) is 2.52. The SMILES string of the molecule is CCCC1NC(=O)C(C(C)C)N(CC(F)(F)F)C1=O. The fourth-order valence-corrected chi connectivity index (χ4v) is 2.31. The van der Waals surface area contributed by atoms with Crippen LogP contribution in [0.1, 0.15) is 33.6 Å². The monoisotopic (exact) mass is 280 g/mol. The normalized spacial score (nSPS) is 24.9. The van der Waals surface area contributed by atoms with Crippen molar-refractivity contribution in [3.8, 4) is 0 Å². The number of hydrogen-bond donors (Lipinski definition) is 1. The molecule has 1 rings (SSSR count). The molecule has 2 atom stereocenters. The van der Waals surface area contributed by atoms with Gasteiger partial charge in [-0.15, -0.1) is 0 Å². The summed E-state index contributed by atoms with van der Waals surface area (Å²) in [5.41, 5.74) is 0. The second-order valence-electron chi connectivity index (χ2n) is 5.12. The molecule has 0 spiro atoms. The van der Waals surface area contributed by atoms with Gasteiger partial charge in [0.1, 0.15) is 18.6 Å². The highest BCUT2D eigenvalue weighted by atomic mass is 19.4. The number of halogens is 3. The van der Waals surface area contributed by atoms with Crippen LogP contribution in [0.2, 0.25) is 0 Å².